The summed E-state index contributed by atoms with van der Waals surface area (Å²) in [6, 6.07) is 10.1. The van der Waals surface area contributed by atoms with E-state index in [1.54, 1.807) is 14.2 Å². The first-order chi connectivity index (χ1) is 7.60. The van der Waals surface area contributed by atoms with Crippen LogP contribution in [0.2, 0.25) is 0 Å². The average Bonchev–Trinajstić information content (AvgIpc) is 2.31. The molecule has 0 amide bonds. The van der Waals surface area contributed by atoms with Crippen molar-refractivity contribution in [2.75, 3.05) is 20.8 Å². The van der Waals surface area contributed by atoms with Crippen LogP contribution in [0.15, 0.2) is 30.3 Å². The van der Waals surface area contributed by atoms with Crippen LogP contribution in [0.3, 0.4) is 0 Å². The smallest absolute Gasteiger partial charge is 0.180 e. The minimum absolute atomic E-state index is 0.317. The van der Waals surface area contributed by atoms with Gasteiger partial charge in [0.1, 0.15) is 0 Å². The normalized spacial score (nSPS) is 12.1. The summed E-state index contributed by atoms with van der Waals surface area (Å²) < 4.78 is 16.0. The van der Waals surface area contributed by atoms with Crippen molar-refractivity contribution in [3.63, 3.8) is 0 Å². The number of methoxy groups -OCH3 is 2. The fourth-order valence-corrected chi connectivity index (χ4v) is 1.43. The highest BCUT2D eigenvalue weighted by molar-refractivity contribution is 5.20. The molecule has 1 rings (SSSR count). The maximum Gasteiger partial charge on any atom is 0.180 e. The Bertz CT molecular complexity index is 291. The molecule has 0 N–H and O–H groups in total. The minimum atomic E-state index is -0.337. The van der Waals surface area contributed by atoms with E-state index in [2.05, 4.69) is 12.1 Å². The van der Waals surface area contributed by atoms with E-state index >= 15 is 0 Å². The molecule has 0 aliphatic heterocycles. The molecule has 16 heavy (non-hydrogen) atoms. The predicted octanol–water partition coefficient (Wildman–Crippen LogP) is 2.56. The van der Waals surface area contributed by atoms with Crippen molar-refractivity contribution in [1.29, 1.82) is 0 Å². The van der Waals surface area contributed by atoms with Crippen molar-refractivity contribution in [3.05, 3.63) is 35.9 Å². The van der Waals surface area contributed by atoms with E-state index in [1.165, 1.54) is 0 Å². The summed E-state index contributed by atoms with van der Waals surface area (Å²) in [6.45, 7) is 4.48. The van der Waals surface area contributed by atoms with Crippen molar-refractivity contribution in [2.45, 2.75) is 25.7 Å². The van der Waals surface area contributed by atoms with Crippen LogP contribution in [0.5, 0.6) is 0 Å². The Balaban J connectivity index is 2.58. The van der Waals surface area contributed by atoms with E-state index in [-0.39, 0.29) is 11.9 Å². The second kappa shape index (κ2) is 5.99. The van der Waals surface area contributed by atoms with Gasteiger partial charge in [0.2, 0.25) is 0 Å². The van der Waals surface area contributed by atoms with Crippen molar-refractivity contribution >= 4 is 0 Å². The van der Waals surface area contributed by atoms with Crippen LogP contribution in [0.25, 0.3) is 0 Å². The number of benzene rings is 1. The molecular formula is C13H20O3. The van der Waals surface area contributed by atoms with E-state index in [9.17, 15) is 0 Å². The number of rotatable bonds is 6. The molecule has 0 unspecified atom stereocenters. The first kappa shape index (κ1) is 13.2. The largest absolute Gasteiger partial charge is 0.366 e. The van der Waals surface area contributed by atoms with Gasteiger partial charge in [-0.3, -0.25) is 0 Å². The SMILES string of the molecule is COC(COC(C)(C)c1ccccc1)OC. The standard InChI is InChI=1S/C13H20O3/c1-13(2,11-8-6-5-7-9-11)16-10-12(14-3)15-4/h5-9,12H,10H2,1-4H3. The third kappa shape index (κ3) is 3.59. The fraction of sp³-hybridized carbons (Fsp3) is 0.538. The number of hydrogen-bond acceptors (Lipinski definition) is 3. The third-order valence-electron chi connectivity index (χ3n) is 2.58. The summed E-state index contributed by atoms with van der Waals surface area (Å²) in [7, 11) is 3.21. The maximum absolute atomic E-state index is 5.81. The van der Waals surface area contributed by atoms with Crippen molar-refractivity contribution in [1.82, 2.24) is 0 Å². The van der Waals surface area contributed by atoms with Crippen LogP contribution in [0, 0.1) is 0 Å². The molecular weight excluding hydrogens is 204 g/mol. The summed E-state index contributed by atoms with van der Waals surface area (Å²) in [5, 5.41) is 0. The summed E-state index contributed by atoms with van der Waals surface area (Å²) in [6.07, 6.45) is -0.317. The lowest BCUT2D eigenvalue weighted by atomic mass is 9.98. The quantitative estimate of drug-likeness (QED) is 0.695. The van der Waals surface area contributed by atoms with Gasteiger partial charge in [-0.15, -0.1) is 0 Å². The Morgan fingerprint density at radius 3 is 2.12 bits per heavy atom. The van der Waals surface area contributed by atoms with Gasteiger partial charge in [-0.25, -0.2) is 0 Å². The van der Waals surface area contributed by atoms with Gasteiger partial charge < -0.3 is 14.2 Å². The Morgan fingerprint density at radius 1 is 1.06 bits per heavy atom. The van der Waals surface area contributed by atoms with Gasteiger partial charge in [-0.05, 0) is 19.4 Å². The van der Waals surface area contributed by atoms with Gasteiger partial charge in [0.05, 0.1) is 12.2 Å². The lowest BCUT2D eigenvalue weighted by molar-refractivity contribution is -0.168. The maximum atomic E-state index is 5.81. The molecule has 3 nitrogen and oxygen atoms in total. The van der Waals surface area contributed by atoms with Crippen LogP contribution in [0.1, 0.15) is 19.4 Å². The van der Waals surface area contributed by atoms with Crippen molar-refractivity contribution in [2.24, 2.45) is 0 Å². The molecule has 0 radical (unpaired) electrons. The minimum Gasteiger partial charge on any atom is -0.366 e. The molecule has 1 aromatic rings. The Labute approximate surface area is 97.3 Å². The van der Waals surface area contributed by atoms with Crippen LogP contribution in [-0.4, -0.2) is 27.1 Å². The number of ether oxygens (including phenoxy) is 3. The summed E-state index contributed by atoms with van der Waals surface area (Å²) >= 11 is 0. The summed E-state index contributed by atoms with van der Waals surface area (Å²) in [5.41, 5.74) is 0.803. The molecule has 0 atom stereocenters. The molecule has 0 bridgehead atoms. The Kier molecular flexibility index (Phi) is 4.93. The lowest BCUT2D eigenvalue weighted by Crippen LogP contribution is -2.29. The molecule has 0 saturated carbocycles. The highest BCUT2D eigenvalue weighted by Crippen LogP contribution is 2.24. The molecule has 0 heterocycles. The monoisotopic (exact) mass is 224 g/mol. The van der Waals surface area contributed by atoms with E-state index < -0.39 is 0 Å². The van der Waals surface area contributed by atoms with E-state index in [4.69, 9.17) is 14.2 Å². The second-order valence-corrected chi connectivity index (χ2v) is 4.09. The highest BCUT2D eigenvalue weighted by atomic mass is 16.7. The zero-order valence-corrected chi connectivity index (χ0v) is 10.4. The molecule has 0 spiro atoms. The van der Waals surface area contributed by atoms with E-state index in [0.717, 1.165) is 5.56 Å². The zero-order valence-electron chi connectivity index (χ0n) is 10.4. The van der Waals surface area contributed by atoms with Gasteiger partial charge in [-0.1, -0.05) is 30.3 Å². The van der Waals surface area contributed by atoms with Gasteiger partial charge >= 0.3 is 0 Å². The van der Waals surface area contributed by atoms with Crippen molar-refractivity contribution < 1.29 is 14.2 Å². The van der Waals surface area contributed by atoms with Gasteiger partial charge in [0.15, 0.2) is 6.29 Å². The van der Waals surface area contributed by atoms with Gasteiger partial charge in [-0.2, -0.15) is 0 Å². The van der Waals surface area contributed by atoms with Crippen LogP contribution in [-0.2, 0) is 19.8 Å². The van der Waals surface area contributed by atoms with E-state index in [0.29, 0.717) is 6.61 Å². The average molecular weight is 224 g/mol. The second-order valence-electron chi connectivity index (χ2n) is 4.09. The zero-order chi connectivity index (χ0) is 12.0. The molecule has 3 heteroatoms. The molecule has 1 aromatic carbocycles. The summed E-state index contributed by atoms with van der Waals surface area (Å²) in [4.78, 5) is 0. The van der Waals surface area contributed by atoms with Gasteiger partial charge in [0.25, 0.3) is 0 Å². The van der Waals surface area contributed by atoms with Gasteiger partial charge in [0, 0.05) is 14.2 Å². The van der Waals surface area contributed by atoms with Crippen LogP contribution >= 0.6 is 0 Å². The number of hydrogen-bond donors (Lipinski definition) is 0. The predicted molar refractivity (Wildman–Crippen MR) is 63.2 cm³/mol. The molecule has 0 fully saturated rings. The Hall–Kier alpha value is -0.900. The van der Waals surface area contributed by atoms with Crippen LogP contribution < -0.4 is 0 Å². The molecule has 0 aliphatic carbocycles. The third-order valence-corrected chi connectivity index (χ3v) is 2.58. The fourth-order valence-electron chi connectivity index (χ4n) is 1.43. The van der Waals surface area contributed by atoms with Crippen LogP contribution in [0.4, 0.5) is 0 Å². The first-order valence-electron chi connectivity index (χ1n) is 5.35. The molecule has 0 saturated heterocycles. The topological polar surface area (TPSA) is 27.7 Å². The lowest BCUT2D eigenvalue weighted by Gasteiger charge is -2.27. The molecule has 0 aliphatic rings. The summed E-state index contributed by atoms with van der Waals surface area (Å²) in [5.74, 6) is 0. The first-order valence-corrected chi connectivity index (χ1v) is 5.35. The Morgan fingerprint density at radius 2 is 1.62 bits per heavy atom. The van der Waals surface area contributed by atoms with E-state index in [1.807, 2.05) is 32.0 Å². The molecule has 90 valence electrons. The van der Waals surface area contributed by atoms with Crippen molar-refractivity contribution in [3.8, 4) is 0 Å². The molecule has 0 aromatic heterocycles. The highest BCUT2D eigenvalue weighted by Gasteiger charge is 2.22.